The van der Waals surface area contributed by atoms with Crippen LogP contribution in [0.2, 0.25) is 0 Å². The highest BCUT2D eigenvalue weighted by Gasteiger charge is 2.35. The smallest absolute Gasteiger partial charge is 0.220 e. The number of fused-ring (bicyclic) bond motifs is 8. The van der Waals surface area contributed by atoms with Crippen LogP contribution in [0.15, 0.2) is 218 Å². The van der Waals surface area contributed by atoms with E-state index >= 15 is 0 Å². The Balaban J connectivity index is 0.956. The van der Waals surface area contributed by atoms with Crippen molar-refractivity contribution in [2.24, 2.45) is 0 Å². The Bertz CT molecular complexity index is 3450. The fraction of sp³-hybridized carbons (Fsp3) is 0.0517. The molecule has 0 radical (unpaired) electrons. The Morgan fingerprint density at radius 2 is 0.903 bits per heavy atom. The summed E-state index contributed by atoms with van der Waals surface area (Å²) in [5.74, 6) is 0.899. The molecule has 0 amide bonds. The molecule has 62 heavy (non-hydrogen) atoms. The molecule has 4 nitrogen and oxygen atoms in total. The summed E-state index contributed by atoms with van der Waals surface area (Å²) in [6, 6.07) is 79.1. The van der Waals surface area contributed by atoms with Gasteiger partial charge in [0.15, 0.2) is 0 Å². The molecule has 1 aliphatic rings. The monoisotopic (exact) mass is 794 g/mol. The van der Waals surface area contributed by atoms with E-state index in [0.717, 1.165) is 61.7 Å². The summed E-state index contributed by atoms with van der Waals surface area (Å²) in [7, 11) is 0. The second-order valence-corrected chi connectivity index (χ2v) is 16.9. The third kappa shape index (κ3) is 5.72. The zero-order valence-corrected chi connectivity index (χ0v) is 34.6. The molecule has 2 aromatic heterocycles. The summed E-state index contributed by atoms with van der Waals surface area (Å²) < 4.78 is 4.59. The van der Waals surface area contributed by atoms with Gasteiger partial charge in [0.1, 0.15) is 0 Å². The molecule has 1 aliphatic carbocycles. The van der Waals surface area contributed by atoms with Crippen LogP contribution in [0.25, 0.3) is 78.0 Å². The molecule has 0 aliphatic heterocycles. The second-order valence-electron chi connectivity index (χ2n) is 16.9. The molecule has 0 unspecified atom stereocenters. The van der Waals surface area contributed by atoms with E-state index < -0.39 is 0 Å². The Morgan fingerprint density at radius 1 is 0.387 bits per heavy atom. The van der Waals surface area contributed by atoms with Gasteiger partial charge in [0, 0.05) is 28.2 Å². The second kappa shape index (κ2) is 14.1. The number of hydrogen-bond acceptors (Lipinski definition) is 2. The molecule has 9 aromatic carbocycles. The molecule has 0 atom stereocenters. The number of benzene rings is 9. The van der Waals surface area contributed by atoms with Crippen LogP contribution in [0.4, 0.5) is 17.1 Å². The first kappa shape index (κ1) is 35.9. The molecule has 0 fully saturated rings. The van der Waals surface area contributed by atoms with E-state index in [-0.39, 0.29) is 5.41 Å². The molecule has 294 valence electrons. The molecular formula is C58H42N4. The lowest BCUT2D eigenvalue weighted by Crippen LogP contribution is -2.16. The summed E-state index contributed by atoms with van der Waals surface area (Å²) in [6.07, 6.45) is 0. The van der Waals surface area contributed by atoms with Crippen molar-refractivity contribution in [3.8, 4) is 50.2 Å². The molecule has 4 heteroatoms. The van der Waals surface area contributed by atoms with Gasteiger partial charge in [0.05, 0.1) is 22.1 Å². The van der Waals surface area contributed by atoms with Gasteiger partial charge in [-0.15, -0.1) is 0 Å². The van der Waals surface area contributed by atoms with E-state index in [9.17, 15) is 0 Å². The van der Waals surface area contributed by atoms with Crippen LogP contribution >= 0.6 is 0 Å². The van der Waals surface area contributed by atoms with Crippen molar-refractivity contribution in [1.82, 2.24) is 14.0 Å². The van der Waals surface area contributed by atoms with E-state index in [4.69, 9.17) is 4.98 Å². The molecule has 0 spiro atoms. The zero-order chi connectivity index (χ0) is 41.4. The Morgan fingerprint density at radius 3 is 1.58 bits per heavy atom. The number of aromatic nitrogens is 3. The predicted octanol–water partition coefficient (Wildman–Crippen LogP) is 15.2. The number of anilines is 3. The maximum Gasteiger partial charge on any atom is 0.220 e. The van der Waals surface area contributed by atoms with Gasteiger partial charge in [-0.05, 0) is 128 Å². The van der Waals surface area contributed by atoms with Crippen LogP contribution < -0.4 is 4.90 Å². The molecule has 0 saturated carbocycles. The Hall–Kier alpha value is -7.95. The SMILES string of the molecule is CC1(C)c2ccccc2-c2ccc(N(c3ccc(-c4ccccc4)cc3)c3ccc(-c4ccc5c(c4)n4c6ccccc6nc4n5-c4ccc(-c5ccccc5)cc4)cc3)cc21. The Kier molecular flexibility index (Phi) is 8.16. The van der Waals surface area contributed by atoms with Gasteiger partial charge >= 0.3 is 0 Å². The molecule has 12 rings (SSSR count). The third-order valence-corrected chi connectivity index (χ3v) is 12.9. The van der Waals surface area contributed by atoms with Gasteiger partial charge in [0.2, 0.25) is 5.78 Å². The van der Waals surface area contributed by atoms with E-state index in [1.165, 1.54) is 44.5 Å². The van der Waals surface area contributed by atoms with Crippen molar-refractivity contribution >= 4 is 44.9 Å². The summed E-state index contributed by atoms with van der Waals surface area (Å²) in [5.41, 5.74) is 21.1. The van der Waals surface area contributed by atoms with Crippen molar-refractivity contribution in [2.75, 3.05) is 4.90 Å². The van der Waals surface area contributed by atoms with Gasteiger partial charge in [-0.3, -0.25) is 8.97 Å². The van der Waals surface area contributed by atoms with Gasteiger partial charge in [-0.1, -0.05) is 159 Å². The first-order valence-corrected chi connectivity index (χ1v) is 21.4. The fourth-order valence-electron chi connectivity index (χ4n) is 9.78. The standard InChI is InChI=1S/C58H42N4/c1-58(2)51-18-10-9-17-49(51)50-35-34-48(38-52(50)58)60(45-28-21-41(22-29-45)39-13-5-3-6-14-39)46-30-25-43(26-31-46)44-27-36-55-56(37-44)62-54-20-12-11-19-53(54)59-57(62)61(55)47-32-23-42(24-33-47)40-15-7-4-8-16-40/h3-38H,1-2H3. The van der Waals surface area contributed by atoms with E-state index in [0.29, 0.717) is 0 Å². The highest BCUT2D eigenvalue weighted by molar-refractivity contribution is 5.95. The van der Waals surface area contributed by atoms with Gasteiger partial charge < -0.3 is 4.90 Å². The number of hydrogen-bond donors (Lipinski definition) is 0. The largest absolute Gasteiger partial charge is 0.310 e. The summed E-state index contributed by atoms with van der Waals surface area (Å²) >= 11 is 0. The first-order valence-electron chi connectivity index (χ1n) is 21.4. The van der Waals surface area contributed by atoms with Crippen LogP contribution in [0.1, 0.15) is 25.0 Å². The minimum absolute atomic E-state index is 0.107. The molecule has 0 saturated heterocycles. The summed E-state index contributed by atoms with van der Waals surface area (Å²) in [6.45, 7) is 4.70. The molecule has 2 heterocycles. The number of nitrogens with zero attached hydrogens (tertiary/aromatic N) is 4. The van der Waals surface area contributed by atoms with Crippen molar-refractivity contribution < 1.29 is 0 Å². The minimum Gasteiger partial charge on any atom is -0.310 e. The zero-order valence-electron chi connectivity index (χ0n) is 34.6. The minimum atomic E-state index is -0.107. The number of rotatable bonds is 7. The maximum atomic E-state index is 5.19. The normalized spacial score (nSPS) is 12.8. The fourth-order valence-corrected chi connectivity index (χ4v) is 9.78. The topological polar surface area (TPSA) is 25.5 Å². The van der Waals surface area contributed by atoms with Crippen LogP contribution in [0.5, 0.6) is 0 Å². The number of imidazole rings is 2. The van der Waals surface area contributed by atoms with Crippen LogP contribution in [0, 0.1) is 0 Å². The molecule has 0 N–H and O–H groups in total. The van der Waals surface area contributed by atoms with Crippen LogP contribution in [-0.4, -0.2) is 14.0 Å². The summed E-state index contributed by atoms with van der Waals surface area (Å²) in [5, 5.41) is 0. The lowest BCUT2D eigenvalue weighted by atomic mass is 9.82. The average Bonchev–Trinajstić information content (AvgIpc) is 3.94. The average molecular weight is 795 g/mol. The molecule has 11 aromatic rings. The maximum absolute atomic E-state index is 5.19. The Labute approximate surface area is 361 Å². The lowest BCUT2D eigenvalue weighted by molar-refractivity contribution is 0.660. The van der Waals surface area contributed by atoms with Crippen molar-refractivity contribution in [3.05, 3.63) is 230 Å². The van der Waals surface area contributed by atoms with Gasteiger partial charge in [-0.2, -0.15) is 0 Å². The van der Waals surface area contributed by atoms with Crippen LogP contribution in [0.3, 0.4) is 0 Å². The van der Waals surface area contributed by atoms with E-state index in [2.05, 4.69) is 246 Å². The van der Waals surface area contributed by atoms with E-state index in [1.54, 1.807) is 0 Å². The predicted molar refractivity (Wildman–Crippen MR) is 258 cm³/mol. The van der Waals surface area contributed by atoms with Crippen molar-refractivity contribution in [2.45, 2.75) is 19.3 Å². The third-order valence-electron chi connectivity index (χ3n) is 12.9. The lowest BCUT2D eigenvalue weighted by Gasteiger charge is -2.28. The quantitative estimate of drug-likeness (QED) is 0.161. The van der Waals surface area contributed by atoms with Crippen molar-refractivity contribution in [1.29, 1.82) is 0 Å². The number of para-hydroxylation sites is 2. The first-order chi connectivity index (χ1) is 30.5. The van der Waals surface area contributed by atoms with Gasteiger partial charge in [-0.25, -0.2) is 4.98 Å². The summed E-state index contributed by atoms with van der Waals surface area (Å²) in [4.78, 5) is 7.58. The van der Waals surface area contributed by atoms with Crippen molar-refractivity contribution in [3.63, 3.8) is 0 Å². The highest BCUT2D eigenvalue weighted by Crippen LogP contribution is 2.50. The molecule has 0 bridgehead atoms. The van der Waals surface area contributed by atoms with Crippen LogP contribution in [-0.2, 0) is 5.41 Å². The van der Waals surface area contributed by atoms with E-state index in [1.807, 2.05) is 0 Å². The highest BCUT2D eigenvalue weighted by atomic mass is 15.2. The molecular weight excluding hydrogens is 753 g/mol. The van der Waals surface area contributed by atoms with Gasteiger partial charge in [0.25, 0.3) is 0 Å².